The summed E-state index contributed by atoms with van der Waals surface area (Å²) in [5.74, 6) is 0. The molecule has 1 N–H and O–H groups in total. The Morgan fingerprint density at radius 3 is 2.78 bits per heavy atom. The van der Waals surface area contributed by atoms with Crippen LogP contribution < -0.4 is 29.6 Å². The van der Waals surface area contributed by atoms with Gasteiger partial charge < -0.3 is 11.3 Å². The summed E-state index contributed by atoms with van der Waals surface area (Å²) in [5, 5.41) is 8.21. The Morgan fingerprint density at radius 2 is 2.56 bits per heavy atom. The average Bonchev–Trinajstić information content (AvgIpc) is 2.12. The number of ether oxygens (including phenoxy) is 1. The van der Waals surface area contributed by atoms with Crippen LogP contribution in [0.1, 0.15) is 1.43 Å². The van der Waals surface area contributed by atoms with Gasteiger partial charge in [-0.3, -0.25) is 0 Å². The first-order chi connectivity index (χ1) is 3.80. The number of hydrogen-bond donors (Lipinski definition) is 1. The molecule has 4 nitrogen and oxygen atoms in total. The molecule has 0 saturated carbocycles. The Kier molecular flexibility index (Phi) is 3.68. The van der Waals surface area contributed by atoms with Crippen molar-refractivity contribution in [2.24, 2.45) is 0 Å². The first kappa shape index (κ1) is 8.81. The van der Waals surface area contributed by atoms with Crippen LogP contribution in [0.2, 0.25) is 0 Å². The van der Waals surface area contributed by atoms with Crippen LogP contribution in [-0.4, -0.2) is 22.8 Å². The van der Waals surface area contributed by atoms with Crippen molar-refractivity contribution < 1.29 is 45.6 Å². The number of nitrogens with zero attached hydrogens (tertiary/aromatic N) is 1. The number of hydrogen-bond acceptors (Lipinski definition) is 2. The van der Waals surface area contributed by atoms with E-state index in [-0.39, 0.29) is 37.7 Å². The maximum atomic E-state index is 10.00. The van der Waals surface area contributed by atoms with Crippen molar-refractivity contribution >= 4 is 6.09 Å². The maximum absolute atomic E-state index is 10.00. The molecule has 0 unspecified atom stereocenters. The molecule has 9 heavy (non-hydrogen) atoms. The van der Waals surface area contributed by atoms with Crippen LogP contribution in [0.15, 0.2) is 12.5 Å². The van der Waals surface area contributed by atoms with Crippen molar-refractivity contribution in [3.8, 4) is 0 Å². The summed E-state index contributed by atoms with van der Waals surface area (Å²) in [6.45, 7) is 0.120. The molecule has 1 aliphatic heterocycles. The zero-order valence-corrected chi connectivity index (χ0v) is 7.07. The summed E-state index contributed by atoms with van der Waals surface area (Å²) in [5.41, 5.74) is 0. The summed E-state index contributed by atoms with van der Waals surface area (Å²) < 4.78 is 4.58. The van der Waals surface area contributed by atoms with Gasteiger partial charge in [-0.05, 0) is 0 Å². The monoisotopic (exact) mass is 139 g/mol. The Labute approximate surface area is 75.9 Å². The van der Waals surface area contributed by atoms with E-state index in [4.69, 9.17) is 5.11 Å². The van der Waals surface area contributed by atoms with Gasteiger partial charge in [0.05, 0.1) is 0 Å². The molecule has 1 heterocycles. The zero-order chi connectivity index (χ0) is 5.98. The van der Waals surface area contributed by atoms with Crippen LogP contribution in [-0.2, 0) is 4.74 Å². The van der Waals surface area contributed by atoms with E-state index in [1.807, 2.05) is 0 Å². The molecule has 46 valence electrons. The molecule has 0 aromatic rings. The minimum Gasteiger partial charge on any atom is -1.00 e. The second kappa shape index (κ2) is 3.76. The Balaban J connectivity index is 0. The molecule has 5 heteroatoms. The summed E-state index contributed by atoms with van der Waals surface area (Å²) in [6.07, 6.45) is 1.72. The Morgan fingerprint density at radius 1 is 1.89 bits per heavy atom. The second-order valence-corrected chi connectivity index (χ2v) is 1.33. The summed E-state index contributed by atoms with van der Waals surface area (Å²) in [7, 11) is 0. The van der Waals surface area contributed by atoms with Gasteiger partial charge in [-0.1, -0.05) is 0 Å². The van der Waals surface area contributed by atoms with Gasteiger partial charge in [-0.15, -0.1) is 0 Å². The van der Waals surface area contributed by atoms with Gasteiger partial charge in [0.25, 0.3) is 0 Å². The van der Waals surface area contributed by atoms with E-state index in [1.165, 1.54) is 12.5 Å². The van der Waals surface area contributed by atoms with Crippen molar-refractivity contribution in [1.29, 1.82) is 0 Å². The van der Waals surface area contributed by atoms with Crippen molar-refractivity contribution in [1.82, 2.24) is 4.90 Å². The fourth-order valence-electron chi connectivity index (χ4n) is 0.402. The minimum absolute atomic E-state index is 0. The molecule has 0 aromatic carbocycles. The minimum atomic E-state index is -0.987. The molecule has 0 aliphatic carbocycles. The van der Waals surface area contributed by atoms with Gasteiger partial charge in [0.15, 0.2) is 6.73 Å². The number of carboxylic acid groups (broad SMARTS) is 1. The van der Waals surface area contributed by atoms with E-state index >= 15 is 0 Å². The standard InChI is InChI=1S/C4H5NO3.Na.H/c6-4(7)5-1-2-8-3-5;;/h1-2H,3H2,(H,6,7);;/q;+1;-1. The van der Waals surface area contributed by atoms with Gasteiger partial charge in [-0.25, -0.2) is 9.69 Å². The smallest absolute Gasteiger partial charge is 1.00 e. The molecule has 0 saturated heterocycles. The van der Waals surface area contributed by atoms with Crippen LogP contribution in [0, 0.1) is 0 Å². The Bertz CT molecular complexity index is 140. The first-order valence-corrected chi connectivity index (χ1v) is 2.08. The fourth-order valence-corrected chi connectivity index (χ4v) is 0.402. The van der Waals surface area contributed by atoms with E-state index in [0.717, 1.165) is 4.90 Å². The molecule has 0 bridgehead atoms. The van der Waals surface area contributed by atoms with Crippen molar-refractivity contribution in [2.75, 3.05) is 6.73 Å². The van der Waals surface area contributed by atoms with Crippen LogP contribution in [0.25, 0.3) is 0 Å². The average molecular weight is 139 g/mol. The van der Waals surface area contributed by atoms with E-state index < -0.39 is 6.09 Å². The molecular formula is C4H6NNaO3. The van der Waals surface area contributed by atoms with Gasteiger partial charge in [0.2, 0.25) is 0 Å². The van der Waals surface area contributed by atoms with Gasteiger partial charge >= 0.3 is 35.7 Å². The zero-order valence-electron chi connectivity index (χ0n) is 6.07. The fraction of sp³-hybridized carbons (Fsp3) is 0.250. The molecule has 0 aromatic heterocycles. The van der Waals surface area contributed by atoms with Gasteiger partial charge in [0.1, 0.15) is 6.26 Å². The third kappa shape index (κ3) is 2.26. The third-order valence-electron chi connectivity index (χ3n) is 0.796. The molecule has 0 spiro atoms. The topological polar surface area (TPSA) is 49.8 Å². The third-order valence-corrected chi connectivity index (χ3v) is 0.796. The van der Waals surface area contributed by atoms with E-state index in [2.05, 4.69) is 4.74 Å². The quantitative estimate of drug-likeness (QED) is 0.379. The normalized spacial score (nSPS) is 14.4. The van der Waals surface area contributed by atoms with Gasteiger partial charge in [0, 0.05) is 6.20 Å². The Hall–Kier alpha value is -0.190. The van der Waals surface area contributed by atoms with Crippen LogP contribution in [0.3, 0.4) is 0 Å². The van der Waals surface area contributed by atoms with E-state index in [1.54, 1.807) is 0 Å². The van der Waals surface area contributed by atoms with Crippen LogP contribution in [0.5, 0.6) is 0 Å². The first-order valence-electron chi connectivity index (χ1n) is 2.08. The van der Waals surface area contributed by atoms with Gasteiger partial charge in [-0.2, -0.15) is 0 Å². The number of carbonyl (C=O) groups is 1. The molecular weight excluding hydrogens is 133 g/mol. The molecule has 0 radical (unpaired) electrons. The summed E-state index contributed by atoms with van der Waals surface area (Å²) in [6, 6.07) is 0. The molecule has 1 aliphatic rings. The predicted octanol–water partition coefficient (Wildman–Crippen LogP) is -2.46. The molecule has 0 fully saturated rings. The van der Waals surface area contributed by atoms with Crippen molar-refractivity contribution in [3.63, 3.8) is 0 Å². The number of amides is 1. The van der Waals surface area contributed by atoms with E-state index in [9.17, 15) is 4.79 Å². The largest absolute Gasteiger partial charge is 1.00 e. The SMILES string of the molecule is O=C(O)N1C=COC1.[H-].[Na+]. The van der Waals surface area contributed by atoms with E-state index in [0.29, 0.717) is 0 Å². The van der Waals surface area contributed by atoms with Crippen LogP contribution in [0.4, 0.5) is 4.79 Å². The van der Waals surface area contributed by atoms with Crippen molar-refractivity contribution in [3.05, 3.63) is 12.5 Å². The predicted molar refractivity (Wildman–Crippen MR) is 26.1 cm³/mol. The maximum Gasteiger partial charge on any atom is 1.00 e. The molecule has 1 amide bonds. The van der Waals surface area contributed by atoms with Crippen molar-refractivity contribution in [2.45, 2.75) is 0 Å². The summed E-state index contributed by atoms with van der Waals surface area (Å²) in [4.78, 5) is 11.0. The number of rotatable bonds is 0. The second-order valence-electron chi connectivity index (χ2n) is 1.33. The molecule has 0 atom stereocenters. The van der Waals surface area contributed by atoms with Crippen LogP contribution >= 0.6 is 0 Å². The molecule has 1 rings (SSSR count). The summed E-state index contributed by atoms with van der Waals surface area (Å²) >= 11 is 0.